The molecule has 2 aliphatic heterocycles. The van der Waals surface area contributed by atoms with E-state index >= 15 is 0 Å². The number of rotatable bonds is 7. The summed E-state index contributed by atoms with van der Waals surface area (Å²) in [6.45, 7) is 10.7. The monoisotopic (exact) mass is 640 g/mol. The van der Waals surface area contributed by atoms with Crippen molar-refractivity contribution in [3.63, 3.8) is 0 Å². The summed E-state index contributed by atoms with van der Waals surface area (Å²) in [5, 5.41) is 11.5. The number of nitrogens with zero attached hydrogens (tertiary/aromatic N) is 3. The maximum Gasteiger partial charge on any atom is 0.437 e. The van der Waals surface area contributed by atoms with Crippen LogP contribution in [0, 0.1) is 0 Å². The van der Waals surface area contributed by atoms with Crippen molar-refractivity contribution in [1.29, 1.82) is 0 Å². The van der Waals surface area contributed by atoms with Gasteiger partial charge in [-0.15, -0.1) is 4.99 Å². The maximum absolute atomic E-state index is 14.0. The molecule has 250 valence electrons. The first-order chi connectivity index (χ1) is 21.0. The van der Waals surface area contributed by atoms with Crippen LogP contribution < -0.4 is 10.1 Å². The molecular weight excluding hydrogens is 597 g/mol. The number of halogens is 3. The van der Waals surface area contributed by atoms with Gasteiger partial charge in [0.1, 0.15) is 23.0 Å². The van der Waals surface area contributed by atoms with Crippen LogP contribution in [0.25, 0.3) is 5.70 Å². The highest BCUT2D eigenvalue weighted by atomic mass is 19.4. The third kappa shape index (κ3) is 11.2. The first-order valence-electron chi connectivity index (χ1n) is 14.9. The molecule has 0 bridgehead atoms. The van der Waals surface area contributed by atoms with E-state index in [1.807, 2.05) is 0 Å². The Morgan fingerprint density at radius 1 is 1.11 bits per heavy atom. The lowest BCUT2D eigenvalue weighted by Crippen LogP contribution is -2.50. The molecule has 0 spiro atoms. The number of hydrogen-bond donors (Lipinski definition) is 2. The molecule has 45 heavy (non-hydrogen) atoms. The molecule has 0 unspecified atom stereocenters. The average Bonchev–Trinajstić information content (AvgIpc) is 3.26. The molecule has 1 atom stereocenters. The Morgan fingerprint density at radius 3 is 2.47 bits per heavy atom. The predicted octanol–water partition coefficient (Wildman–Crippen LogP) is 6.30. The first-order valence-corrected chi connectivity index (χ1v) is 14.9. The van der Waals surface area contributed by atoms with Gasteiger partial charge >= 0.3 is 18.4 Å². The van der Waals surface area contributed by atoms with Gasteiger partial charge in [-0.3, -0.25) is 5.32 Å². The second-order valence-electron chi connectivity index (χ2n) is 12.6. The van der Waals surface area contributed by atoms with Gasteiger partial charge in [0, 0.05) is 25.1 Å². The van der Waals surface area contributed by atoms with E-state index in [4.69, 9.17) is 24.1 Å². The topological polar surface area (TPSA) is 131 Å². The molecule has 14 heteroatoms. The number of aliphatic hydroxyl groups is 1. The van der Waals surface area contributed by atoms with E-state index in [2.05, 4.69) is 15.3 Å². The summed E-state index contributed by atoms with van der Waals surface area (Å²) in [5.41, 5.74) is -2.12. The van der Waals surface area contributed by atoms with Crippen LogP contribution in [-0.2, 0) is 20.4 Å². The smallest absolute Gasteiger partial charge is 0.437 e. The lowest BCUT2D eigenvalue weighted by Gasteiger charge is -2.29. The predicted molar refractivity (Wildman–Crippen MR) is 162 cm³/mol. The van der Waals surface area contributed by atoms with Crippen molar-refractivity contribution in [2.75, 3.05) is 26.4 Å². The number of carbonyl (C=O) groups excluding carboxylic acids is 2. The number of aliphatic hydroxyl groups excluding tert-OH is 1. The van der Waals surface area contributed by atoms with E-state index in [0.717, 1.165) is 6.07 Å². The molecule has 1 aromatic rings. The Labute approximate surface area is 261 Å². The number of likely N-dealkylation sites (tertiary alicyclic amines) is 1. The van der Waals surface area contributed by atoms with Crippen LogP contribution in [0.1, 0.15) is 84.8 Å². The summed E-state index contributed by atoms with van der Waals surface area (Å²) in [7, 11) is 0. The van der Waals surface area contributed by atoms with Crippen LogP contribution >= 0.6 is 0 Å². The second kappa shape index (κ2) is 15.0. The fourth-order valence-corrected chi connectivity index (χ4v) is 4.55. The molecule has 2 aliphatic rings. The maximum atomic E-state index is 14.0. The molecule has 11 nitrogen and oxygen atoms in total. The number of ether oxygens (including phenoxy) is 4. The summed E-state index contributed by atoms with van der Waals surface area (Å²) in [4.78, 5) is 35.7. The summed E-state index contributed by atoms with van der Waals surface area (Å²) in [6.07, 6.45) is -2.42. The SMILES string of the molecule is CC(C)(C)OC(=O)N=C(NC(=O)OC(C)(C)C)N1CCC[C@H]1C1=NC(c2ccc(OCCCCO)c(C(F)(F)F)c2)=CCCO1. The number of aliphatic imine (C=N–C) groups is 2. The molecule has 2 amide bonds. The normalized spacial score (nSPS) is 18.0. The molecule has 0 aromatic heterocycles. The quantitative estimate of drug-likeness (QED) is 0.202. The van der Waals surface area contributed by atoms with Crippen molar-refractivity contribution in [2.45, 2.75) is 97.1 Å². The minimum absolute atomic E-state index is 0.0316. The number of benzene rings is 1. The van der Waals surface area contributed by atoms with Gasteiger partial charge in [-0.1, -0.05) is 6.08 Å². The van der Waals surface area contributed by atoms with E-state index < -0.39 is 41.2 Å². The average molecular weight is 641 g/mol. The van der Waals surface area contributed by atoms with Crippen LogP contribution in [0.5, 0.6) is 5.75 Å². The van der Waals surface area contributed by atoms with Crippen LogP contribution in [0.15, 0.2) is 34.3 Å². The van der Waals surface area contributed by atoms with Crippen LogP contribution in [0.3, 0.4) is 0 Å². The van der Waals surface area contributed by atoms with Crippen LogP contribution in [0.4, 0.5) is 22.8 Å². The fraction of sp³-hybridized carbons (Fsp3) is 0.613. The summed E-state index contributed by atoms with van der Waals surface area (Å²) < 4.78 is 64.1. The minimum Gasteiger partial charge on any atom is -0.493 e. The lowest BCUT2D eigenvalue weighted by atomic mass is 10.1. The number of guanidine groups is 1. The highest BCUT2D eigenvalue weighted by Crippen LogP contribution is 2.38. The van der Waals surface area contributed by atoms with Crippen LogP contribution in [0.2, 0.25) is 0 Å². The van der Waals surface area contributed by atoms with Gasteiger partial charge < -0.3 is 29.0 Å². The molecule has 1 saturated heterocycles. The number of carbonyl (C=O) groups is 2. The number of unbranched alkanes of at least 4 members (excludes halogenated alkanes) is 1. The standard InChI is InChI=1S/C31H43F3N4O7/c1-29(2,3)44-27(40)36-26(37-28(41)45-30(4,5)6)38-15-9-12-23(38)25-35-22(11-10-18-43-25)20-13-14-24(42-17-8-7-16-39)21(19-20)31(32,33)34/h11,13-14,19,23,39H,7-10,12,15-18H2,1-6H3,(H,36,37,40,41)/t23-/m0/s1. The van der Waals surface area contributed by atoms with Crippen molar-refractivity contribution in [2.24, 2.45) is 9.98 Å². The number of nitrogens with one attached hydrogen (secondary N) is 1. The zero-order chi connectivity index (χ0) is 33.4. The van der Waals surface area contributed by atoms with Crippen molar-refractivity contribution < 1.29 is 46.8 Å². The molecule has 2 heterocycles. The molecular formula is C31H43F3N4O7. The van der Waals surface area contributed by atoms with Gasteiger partial charge in [0.2, 0.25) is 11.9 Å². The third-order valence-corrected chi connectivity index (χ3v) is 6.34. The third-order valence-electron chi connectivity index (χ3n) is 6.34. The number of alkyl carbamates (subject to hydrolysis) is 1. The summed E-state index contributed by atoms with van der Waals surface area (Å²) in [6, 6.07) is 3.16. The molecule has 0 aliphatic carbocycles. The molecule has 1 aromatic carbocycles. The van der Waals surface area contributed by atoms with Gasteiger partial charge in [0.05, 0.1) is 24.5 Å². The zero-order valence-corrected chi connectivity index (χ0v) is 26.6. The van der Waals surface area contributed by atoms with E-state index in [0.29, 0.717) is 38.6 Å². The summed E-state index contributed by atoms with van der Waals surface area (Å²) in [5.74, 6) is -0.224. The Balaban J connectivity index is 1.95. The Hall–Kier alpha value is -3.81. The van der Waals surface area contributed by atoms with Gasteiger partial charge in [-0.25, -0.2) is 14.6 Å². The number of alkyl halides is 3. The van der Waals surface area contributed by atoms with Gasteiger partial charge in [-0.05, 0) is 85.4 Å². The van der Waals surface area contributed by atoms with Crippen molar-refractivity contribution in [3.05, 3.63) is 35.4 Å². The van der Waals surface area contributed by atoms with Crippen LogP contribution in [-0.4, -0.2) is 77.7 Å². The highest BCUT2D eigenvalue weighted by Gasteiger charge is 2.37. The van der Waals surface area contributed by atoms with E-state index in [9.17, 15) is 22.8 Å². The van der Waals surface area contributed by atoms with E-state index in [-0.39, 0.29) is 48.7 Å². The first kappa shape index (κ1) is 35.7. The Bertz CT molecular complexity index is 1300. The fourth-order valence-electron chi connectivity index (χ4n) is 4.55. The second-order valence-corrected chi connectivity index (χ2v) is 12.6. The Kier molecular flexibility index (Phi) is 11.9. The van der Waals surface area contributed by atoms with Gasteiger partial charge in [0.25, 0.3) is 0 Å². The van der Waals surface area contributed by atoms with Crippen molar-refractivity contribution in [1.82, 2.24) is 10.2 Å². The van der Waals surface area contributed by atoms with Crippen molar-refractivity contribution >= 4 is 29.7 Å². The molecule has 0 saturated carbocycles. The lowest BCUT2D eigenvalue weighted by molar-refractivity contribution is -0.139. The molecule has 2 N–H and O–H groups in total. The number of amides is 2. The Morgan fingerprint density at radius 2 is 1.82 bits per heavy atom. The molecule has 3 rings (SSSR count). The van der Waals surface area contributed by atoms with Gasteiger partial charge in [-0.2, -0.15) is 13.2 Å². The summed E-state index contributed by atoms with van der Waals surface area (Å²) >= 11 is 0. The zero-order valence-electron chi connectivity index (χ0n) is 26.6. The van der Waals surface area contributed by atoms with Gasteiger partial charge in [0.15, 0.2) is 0 Å². The minimum atomic E-state index is -4.68. The highest BCUT2D eigenvalue weighted by molar-refractivity contribution is 6.01. The van der Waals surface area contributed by atoms with E-state index in [1.165, 1.54) is 12.1 Å². The number of hydrogen-bond acceptors (Lipinski definition) is 8. The largest absolute Gasteiger partial charge is 0.493 e. The van der Waals surface area contributed by atoms with E-state index in [1.54, 1.807) is 52.5 Å². The molecule has 0 radical (unpaired) electrons. The molecule has 1 fully saturated rings. The van der Waals surface area contributed by atoms with Crippen molar-refractivity contribution in [3.8, 4) is 5.75 Å².